The van der Waals surface area contributed by atoms with Crippen molar-refractivity contribution in [2.45, 2.75) is 0 Å². The zero-order valence-corrected chi connectivity index (χ0v) is 12.8. The minimum atomic E-state index is -1.32. The van der Waals surface area contributed by atoms with Crippen molar-refractivity contribution in [2.75, 3.05) is 0 Å². The number of aromatic nitrogens is 1. The number of H-pyrrole nitrogens is 1. The third-order valence-electron chi connectivity index (χ3n) is 4.00. The summed E-state index contributed by atoms with van der Waals surface area (Å²) >= 11 is 0. The molecule has 2 aromatic carbocycles. The number of nitrogens with one attached hydrogen (secondary N) is 1. The van der Waals surface area contributed by atoms with Gasteiger partial charge in [-0.2, -0.15) is 0 Å². The van der Waals surface area contributed by atoms with Gasteiger partial charge in [-0.15, -0.1) is 0 Å². The van der Waals surface area contributed by atoms with E-state index in [1.807, 2.05) is 0 Å². The van der Waals surface area contributed by atoms with Crippen LogP contribution < -0.4 is 10.9 Å². The van der Waals surface area contributed by atoms with E-state index >= 15 is 0 Å². The number of carbonyl (C=O) groups is 1. The van der Waals surface area contributed by atoms with E-state index in [9.17, 15) is 19.5 Å². The summed E-state index contributed by atoms with van der Waals surface area (Å²) in [6, 6.07) is 15.0. The lowest BCUT2D eigenvalue weighted by Gasteiger charge is -2.07. The molecule has 25 heavy (non-hydrogen) atoms. The quantitative estimate of drug-likeness (QED) is 0.549. The molecule has 0 fully saturated rings. The van der Waals surface area contributed by atoms with Gasteiger partial charge >= 0.3 is 5.97 Å². The molecule has 0 saturated heterocycles. The van der Waals surface area contributed by atoms with Gasteiger partial charge in [-0.05, 0) is 17.7 Å². The van der Waals surface area contributed by atoms with Crippen molar-refractivity contribution < 1.29 is 14.3 Å². The van der Waals surface area contributed by atoms with Gasteiger partial charge in [0.2, 0.25) is 10.8 Å². The fraction of sp³-hybridized carbons (Fsp3) is 0. The van der Waals surface area contributed by atoms with Gasteiger partial charge in [0.25, 0.3) is 5.43 Å². The first-order chi connectivity index (χ1) is 12.1. The Balaban J connectivity index is 2.32. The summed E-state index contributed by atoms with van der Waals surface area (Å²) in [5.41, 5.74) is -1.24. The average molecular weight is 333 g/mol. The van der Waals surface area contributed by atoms with Crippen LogP contribution >= 0.6 is 0 Å². The highest BCUT2D eigenvalue weighted by Crippen LogP contribution is 2.21. The van der Waals surface area contributed by atoms with Gasteiger partial charge in [0.15, 0.2) is 5.58 Å². The van der Waals surface area contributed by atoms with Crippen LogP contribution in [0.25, 0.3) is 22.2 Å². The first kappa shape index (κ1) is 14.9. The van der Waals surface area contributed by atoms with Crippen molar-refractivity contribution in [3.05, 3.63) is 91.4 Å². The molecule has 0 radical (unpaired) electrons. The second-order valence-electron chi connectivity index (χ2n) is 5.51. The molecule has 2 aliphatic rings. The van der Waals surface area contributed by atoms with Crippen LogP contribution in [0, 0.1) is 10.8 Å². The van der Waals surface area contributed by atoms with Gasteiger partial charge in [0.1, 0.15) is 5.35 Å². The molecule has 1 aliphatic heterocycles. The van der Waals surface area contributed by atoms with Crippen molar-refractivity contribution in [1.82, 2.24) is 4.98 Å². The minimum absolute atomic E-state index is 0.00495. The Bertz CT molecular complexity index is 1300. The molecule has 0 aromatic heterocycles. The molecule has 6 nitrogen and oxygen atoms in total. The normalized spacial score (nSPS) is 11.0. The van der Waals surface area contributed by atoms with Crippen LogP contribution in [0.2, 0.25) is 0 Å². The van der Waals surface area contributed by atoms with Crippen molar-refractivity contribution >= 4 is 17.1 Å². The predicted molar refractivity (Wildman–Crippen MR) is 90.8 cm³/mol. The van der Waals surface area contributed by atoms with Crippen LogP contribution in [-0.4, -0.2) is 16.1 Å². The zero-order valence-electron chi connectivity index (χ0n) is 12.8. The Kier molecular flexibility index (Phi) is 3.25. The maximum atomic E-state index is 12.6. The van der Waals surface area contributed by atoms with Crippen LogP contribution in [0.15, 0.2) is 68.6 Å². The second kappa shape index (κ2) is 5.45. The molecule has 2 aromatic rings. The number of hydrogen-bond donors (Lipinski definition) is 2. The van der Waals surface area contributed by atoms with E-state index in [-0.39, 0.29) is 21.9 Å². The number of carboxylic acid groups (broad SMARTS) is 1. The molecular weight excluding hydrogens is 322 g/mol. The number of para-hydroxylation sites is 2. The van der Waals surface area contributed by atoms with E-state index in [1.165, 1.54) is 0 Å². The van der Waals surface area contributed by atoms with Crippen LogP contribution in [0.3, 0.4) is 0 Å². The van der Waals surface area contributed by atoms with E-state index in [1.54, 1.807) is 54.6 Å². The second-order valence-corrected chi connectivity index (χ2v) is 5.51. The number of aromatic carboxylic acids is 1. The molecule has 0 spiro atoms. The Morgan fingerprint density at radius 2 is 1.60 bits per heavy atom. The number of rotatable bonds is 2. The first-order valence-corrected chi connectivity index (χ1v) is 7.48. The molecule has 0 saturated carbocycles. The van der Waals surface area contributed by atoms with Gasteiger partial charge in [-0.1, -0.05) is 42.5 Å². The molecule has 6 heteroatoms. The number of benzene rings is 2. The van der Waals surface area contributed by atoms with Gasteiger partial charge in [-0.25, -0.2) is 4.79 Å². The Morgan fingerprint density at radius 3 is 2.32 bits per heavy atom. The minimum Gasteiger partial charge on any atom is -0.478 e. The molecule has 0 bridgehead atoms. The molecule has 1 heterocycles. The fourth-order valence-electron chi connectivity index (χ4n) is 2.90. The third-order valence-corrected chi connectivity index (χ3v) is 4.00. The summed E-state index contributed by atoms with van der Waals surface area (Å²) in [6.45, 7) is 0. The lowest BCUT2D eigenvalue weighted by Crippen LogP contribution is -2.30. The van der Waals surface area contributed by atoms with Crippen LogP contribution in [0.1, 0.15) is 10.4 Å². The zero-order chi connectivity index (χ0) is 17.6. The summed E-state index contributed by atoms with van der Waals surface area (Å²) in [5, 5.41) is 9.70. The number of hydrogen-bond acceptors (Lipinski definition) is 4. The monoisotopic (exact) mass is 333 g/mol. The van der Waals surface area contributed by atoms with E-state index in [2.05, 4.69) is 4.98 Å². The molecule has 2 N–H and O–H groups in total. The average Bonchev–Trinajstić information content (AvgIpc) is 2.63. The van der Waals surface area contributed by atoms with Crippen molar-refractivity contribution in [3.63, 3.8) is 0 Å². The highest BCUT2D eigenvalue weighted by Gasteiger charge is 2.22. The maximum Gasteiger partial charge on any atom is 0.338 e. The summed E-state index contributed by atoms with van der Waals surface area (Å²) < 4.78 is 5.53. The molecule has 0 unspecified atom stereocenters. The van der Waals surface area contributed by atoms with Crippen LogP contribution in [0.5, 0.6) is 0 Å². The first-order valence-electron chi connectivity index (χ1n) is 7.48. The lowest BCUT2D eigenvalue weighted by atomic mass is 9.98. The summed E-state index contributed by atoms with van der Waals surface area (Å²) in [4.78, 5) is 39.9. The lowest BCUT2D eigenvalue weighted by molar-refractivity contribution is 0.0695. The number of carboxylic acids is 1. The predicted octanol–water partition coefficient (Wildman–Crippen LogP) is 2.57. The van der Waals surface area contributed by atoms with Gasteiger partial charge in [-0.3, -0.25) is 9.59 Å². The smallest absolute Gasteiger partial charge is 0.338 e. The largest absolute Gasteiger partial charge is 0.478 e. The Morgan fingerprint density at radius 1 is 0.920 bits per heavy atom. The maximum absolute atomic E-state index is 12.6. The molecule has 4 rings (SSSR count). The van der Waals surface area contributed by atoms with Crippen molar-refractivity contribution in [3.8, 4) is 11.1 Å². The van der Waals surface area contributed by atoms with E-state index in [0.29, 0.717) is 16.7 Å². The van der Waals surface area contributed by atoms with Gasteiger partial charge < -0.3 is 14.5 Å². The topological polar surface area (TPSA) is 100 Å². The van der Waals surface area contributed by atoms with Crippen molar-refractivity contribution in [2.24, 2.45) is 0 Å². The SMILES string of the molecule is O=C(O)c1c(-c2ccccc2)c(=O)c(=O)c2oc3ccccc3[nH]c1=2. The highest BCUT2D eigenvalue weighted by molar-refractivity contribution is 5.96. The summed E-state index contributed by atoms with van der Waals surface area (Å²) in [5.74, 6) is -1.32. The highest BCUT2D eigenvalue weighted by atomic mass is 16.4. The molecule has 0 atom stereocenters. The standard InChI is InChI=1S/C19H11NO5/c21-16-13(10-6-2-1-3-7-10)14(19(23)24)15-18(17(16)22)25-12-9-5-4-8-11(12)20-15/h1-9,20H,(H,23,24). The van der Waals surface area contributed by atoms with Gasteiger partial charge in [0, 0.05) is 0 Å². The van der Waals surface area contributed by atoms with Gasteiger partial charge in [0.05, 0.1) is 16.6 Å². The molecular formula is C19H11NO5. The Hall–Kier alpha value is -3.67. The Labute approximate surface area is 139 Å². The number of fused-ring (bicyclic) bond motifs is 1. The summed E-state index contributed by atoms with van der Waals surface area (Å²) in [7, 11) is 0. The molecule has 122 valence electrons. The molecule has 1 aliphatic carbocycles. The summed E-state index contributed by atoms with van der Waals surface area (Å²) in [6.07, 6.45) is 0. The molecule has 0 amide bonds. The van der Waals surface area contributed by atoms with Crippen molar-refractivity contribution in [1.29, 1.82) is 0 Å². The van der Waals surface area contributed by atoms with E-state index < -0.39 is 16.8 Å². The van der Waals surface area contributed by atoms with Crippen LogP contribution in [-0.2, 0) is 0 Å². The van der Waals surface area contributed by atoms with Crippen LogP contribution in [0.4, 0.5) is 0 Å². The third kappa shape index (κ3) is 2.23. The fourth-order valence-corrected chi connectivity index (χ4v) is 2.90. The van der Waals surface area contributed by atoms with E-state index in [4.69, 9.17) is 4.42 Å². The van der Waals surface area contributed by atoms with E-state index in [0.717, 1.165) is 0 Å². The number of aromatic amines is 1.